The first-order valence-electron chi connectivity index (χ1n) is 5.17. The van der Waals surface area contributed by atoms with Crippen LogP contribution in [0.3, 0.4) is 0 Å². The predicted molar refractivity (Wildman–Crippen MR) is 63.3 cm³/mol. The van der Waals surface area contributed by atoms with Crippen LogP contribution in [-0.4, -0.2) is 51.5 Å². The Morgan fingerprint density at radius 1 is 1.69 bits per heavy atom. The Hall–Kier alpha value is -0.750. The highest BCUT2D eigenvalue weighted by atomic mass is 32.2. The zero-order valence-electron chi connectivity index (χ0n) is 9.77. The lowest BCUT2D eigenvalue weighted by atomic mass is 10.1. The molecule has 1 saturated heterocycles. The average molecular weight is 246 g/mol. The summed E-state index contributed by atoms with van der Waals surface area (Å²) in [5.74, 6) is -0.966. The first-order valence-corrected chi connectivity index (χ1v) is 6.05. The van der Waals surface area contributed by atoms with Gasteiger partial charge >= 0.3 is 5.97 Å². The first kappa shape index (κ1) is 13.3. The number of thioether (sulfide) groups is 1. The number of amides is 1. The molecule has 5 nitrogen and oxygen atoms in total. The van der Waals surface area contributed by atoms with Gasteiger partial charge in [-0.1, -0.05) is 0 Å². The lowest BCUT2D eigenvalue weighted by molar-refractivity contribution is -0.139. The quantitative estimate of drug-likeness (QED) is 0.737. The van der Waals surface area contributed by atoms with Crippen molar-refractivity contribution >= 4 is 23.6 Å². The third-order valence-corrected chi connectivity index (χ3v) is 4.42. The summed E-state index contributed by atoms with van der Waals surface area (Å²) in [5.41, 5.74) is 5.61. The number of aliphatic carboxylic acids is 1. The number of carbonyl (C=O) groups excluding carboxylic acids is 1. The van der Waals surface area contributed by atoms with Crippen LogP contribution in [-0.2, 0) is 9.59 Å². The number of hydrogen-bond donors (Lipinski definition) is 2. The van der Waals surface area contributed by atoms with Gasteiger partial charge in [0.1, 0.15) is 6.04 Å². The van der Waals surface area contributed by atoms with Crippen LogP contribution < -0.4 is 5.73 Å². The number of rotatable bonds is 4. The molecule has 0 aliphatic carbocycles. The van der Waals surface area contributed by atoms with Crippen LogP contribution in [0.25, 0.3) is 0 Å². The largest absolute Gasteiger partial charge is 0.480 e. The van der Waals surface area contributed by atoms with E-state index in [4.69, 9.17) is 10.8 Å². The maximum absolute atomic E-state index is 11.7. The van der Waals surface area contributed by atoms with Crippen LogP contribution in [0.15, 0.2) is 0 Å². The molecule has 0 aromatic heterocycles. The topological polar surface area (TPSA) is 83.6 Å². The second-order valence-electron chi connectivity index (χ2n) is 4.57. The fourth-order valence-corrected chi connectivity index (χ4v) is 3.12. The minimum absolute atomic E-state index is 0.0654. The van der Waals surface area contributed by atoms with Crippen molar-refractivity contribution in [1.29, 1.82) is 0 Å². The van der Waals surface area contributed by atoms with E-state index in [2.05, 4.69) is 0 Å². The molecule has 3 N–H and O–H groups in total. The molecule has 1 aliphatic rings. The van der Waals surface area contributed by atoms with Crippen molar-refractivity contribution in [3.8, 4) is 0 Å². The van der Waals surface area contributed by atoms with E-state index in [-0.39, 0.29) is 11.2 Å². The van der Waals surface area contributed by atoms with Gasteiger partial charge in [-0.3, -0.25) is 9.59 Å². The van der Waals surface area contributed by atoms with Crippen molar-refractivity contribution in [3.63, 3.8) is 0 Å². The molecule has 92 valence electrons. The molecule has 16 heavy (non-hydrogen) atoms. The van der Waals surface area contributed by atoms with E-state index >= 15 is 0 Å². The van der Waals surface area contributed by atoms with Crippen molar-refractivity contribution in [2.75, 3.05) is 13.6 Å². The zero-order valence-corrected chi connectivity index (χ0v) is 10.6. The molecule has 6 heteroatoms. The summed E-state index contributed by atoms with van der Waals surface area (Å²) < 4.78 is -0.642. The molecule has 1 rings (SSSR count). The molecule has 0 saturated carbocycles. The van der Waals surface area contributed by atoms with Gasteiger partial charge in [0.25, 0.3) is 0 Å². The molecule has 1 fully saturated rings. The Labute approximate surface area is 99.4 Å². The van der Waals surface area contributed by atoms with Gasteiger partial charge in [-0.2, -0.15) is 0 Å². The van der Waals surface area contributed by atoms with E-state index in [1.54, 1.807) is 25.8 Å². The number of nitrogens with two attached hydrogens (primary N) is 1. The molecule has 0 aromatic rings. The van der Waals surface area contributed by atoms with Crippen molar-refractivity contribution in [2.24, 2.45) is 5.73 Å². The highest BCUT2D eigenvalue weighted by Gasteiger charge is 2.39. The van der Waals surface area contributed by atoms with Crippen molar-refractivity contribution in [2.45, 2.75) is 36.3 Å². The van der Waals surface area contributed by atoms with Gasteiger partial charge in [0, 0.05) is 18.3 Å². The van der Waals surface area contributed by atoms with Crippen LogP contribution in [0, 0.1) is 0 Å². The number of carbonyl (C=O) groups is 2. The third-order valence-electron chi connectivity index (χ3n) is 2.84. The Morgan fingerprint density at radius 3 is 2.62 bits per heavy atom. The summed E-state index contributed by atoms with van der Waals surface area (Å²) in [4.78, 5) is 24.2. The number of hydrogen-bond acceptors (Lipinski definition) is 4. The molecule has 0 spiro atoms. The molecule has 1 amide bonds. The van der Waals surface area contributed by atoms with Crippen LogP contribution in [0.4, 0.5) is 0 Å². The molecule has 2 atom stereocenters. The summed E-state index contributed by atoms with van der Waals surface area (Å²) in [7, 11) is 1.76. The first-order chi connectivity index (χ1) is 7.25. The van der Waals surface area contributed by atoms with Gasteiger partial charge in [0.05, 0.1) is 5.25 Å². The number of nitrogens with zero attached hydrogens (tertiary/aromatic N) is 1. The van der Waals surface area contributed by atoms with Gasteiger partial charge in [-0.05, 0) is 20.3 Å². The van der Waals surface area contributed by atoms with Crippen LogP contribution in [0.2, 0.25) is 0 Å². The maximum Gasteiger partial charge on any atom is 0.321 e. The van der Waals surface area contributed by atoms with E-state index in [1.807, 2.05) is 0 Å². The van der Waals surface area contributed by atoms with Crippen molar-refractivity contribution in [1.82, 2.24) is 4.90 Å². The lowest BCUT2D eigenvalue weighted by Crippen LogP contribution is -2.48. The second kappa shape index (κ2) is 4.63. The predicted octanol–water partition coefficient (Wildman–Crippen LogP) is 0.141. The van der Waals surface area contributed by atoms with E-state index in [9.17, 15) is 9.59 Å². The Kier molecular flexibility index (Phi) is 3.85. The summed E-state index contributed by atoms with van der Waals surface area (Å²) >= 11 is 1.36. The zero-order chi connectivity index (χ0) is 12.5. The molecule has 1 heterocycles. The Balaban J connectivity index is 2.66. The summed E-state index contributed by atoms with van der Waals surface area (Å²) in [6.07, 6.45) is 0.760. The van der Waals surface area contributed by atoms with Crippen molar-refractivity contribution < 1.29 is 14.7 Å². The number of likely N-dealkylation sites (tertiary alicyclic amines) is 1. The van der Waals surface area contributed by atoms with Gasteiger partial charge < -0.3 is 15.7 Å². The minimum Gasteiger partial charge on any atom is -0.480 e. The molecular weight excluding hydrogens is 228 g/mol. The molecule has 0 aromatic carbocycles. The summed E-state index contributed by atoms with van der Waals surface area (Å²) in [6, 6.07) is -0.962. The maximum atomic E-state index is 11.7. The van der Waals surface area contributed by atoms with Gasteiger partial charge in [0.2, 0.25) is 5.91 Å². The average Bonchev–Trinajstić information content (AvgIpc) is 2.48. The molecule has 1 aliphatic heterocycles. The monoisotopic (exact) mass is 246 g/mol. The van der Waals surface area contributed by atoms with E-state index in [0.29, 0.717) is 0 Å². The van der Waals surface area contributed by atoms with E-state index in [1.165, 1.54) is 11.8 Å². The smallest absolute Gasteiger partial charge is 0.321 e. The Morgan fingerprint density at radius 2 is 2.25 bits per heavy atom. The lowest BCUT2D eigenvalue weighted by Gasteiger charge is -2.30. The summed E-state index contributed by atoms with van der Waals surface area (Å²) in [5, 5.41) is 8.71. The highest BCUT2D eigenvalue weighted by Crippen LogP contribution is 2.35. The molecular formula is C10H18N2O3S. The SMILES string of the molecule is CN1CCC(SC(C)(C)[C@H](N)C(=O)O)C1=O. The highest BCUT2D eigenvalue weighted by molar-refractivity contribution is 8.02. The molecule has 1 unspecified atom stereocenters. The van der Waals surface area contributed by atoms with Crippen LogP contribution in [0.5, 0.6) is 0 Å². The van der Waals surface area contributed by atoms with E-state index < -0.39 is 16.8 Å². The van der Waals surface area contributed by atoms with Crippen LogP contribution >= 0.6 is 11.8 Å². The second-order valence-corrected chi connectivity index (χ2v) is 6.43. The van der Waals surface area contributed by atoms with Gasteiger partial charge in [-0.25, -0.2) is 0 Å². The van der Waals surface area contributed by atoms with Gasteiger partial charge in [-0.15, -0.1) is 11.8 Å². The Bertz CT molecular complexity index is 306. The normalized spacial score (nSPS) is 23.6. The number of carboxylic acid groups (broad SMARTS) is 1. The minimum atomic E-state index is -1.03. The fraction of sp³-hybridized carbons (Fsp3) is 0.800. The fourth-order valence-electron chi connectivity index (χ4n) is 1.64. The molecule has 0 bridgehead atoms. The van der Waals surface area contributed by atoms with Crippen LogP contribution in [0.1, 0.15) is 20.3 Å². The standard InChI is InChI=1S/C10H18N2O3S/c1-10(2,7(11)9(14)15)16-6-4-5-12(3)8(6)13/h6-7H,4-5,11H2,1-3H3,(H,14,15)/t6?,7-/m1/s1. The number of carboxylic acids is 1. The van der Waals surface area contributed by atoms with Gasteiger partial charge in [0.15, 0.2) is 0 Å². The van der Waals surface area contributed by atoms with E-state index in [0.717, 1.165) is 13.0 Å². The third kappa shape index (κ3) is 2.68. The van der Waals surface area contributed by atoms with Crippen molar-refractivity contribution in [3.05, 3.63) is 0 Å². The summed E-state index contributed by atoms with van der Waals surface area (Å²) in [6.45, 7) is 4.26. The molecule has 0 radical (unpaired) electrons.